The summed E-state index contributed by atoms with van der Waals surface area (Å²) in [6.45, 7) is 6.54. The Hall–Kier alpha value is -2.09. The maximum Gasteiger partial charge on any atom is 0.407 e. The van der Waals surface area contributed by atoms with E-state index in [2.05, 4.69) is 5.32 Å². The fourth-order valence-corrected chi connectivity index (χ4v) is 3.47. The number of benzene rings is 1. The number of carbonyl (C=O) groups excluding carboxylic acids is 2. The Kier molecular flexibility index (Phi) is 7.86. The summed E-state index contributed by atoms with van der Waals surface area (Å²) in [6, 6.07) is 8.91. The molecule has 0 aliphatic carbocycles. The van der Waals surface area contributed by atoms with Crippen LogP contribution in [0.5, 0.6) is 0 Å². The van der Waals surface area contributed by atoms with E-state index in [0.29, 0.717) is 30.3 Å². The van der Waals surface area contributed by atoms with Crippen LogP contribution >= 0.6 is 22.9 Å². The van der Waals surface area contributed by atoms with Crippen LogP contribution in [0, 0.1) is 0 Å². The van der Waals surface area contributed by atoms with Gasteiger partial charge < -0.3 is 19.5 Å². The number of hydrogen-bond acceptors (Lipinski definition) is 6. The normalized spacial score (nSPS) is 11.2. The first kappa shape index (κ1) is 22.2. The molecule has 28 heavy (non-hydrogen) atoms. The van der Waals surface area contributed by atoms with Crippen LogP contribution in [-0.4, -0.2) is 37.9 Å². The van der Waals surface area contributed by atoms with Gasteiger partial charge in [0.25, 0.3) is 0 Å². The van der Waals surface area contributed by atoms with Gasteiger partial charge in [0.1, 0.15) is 5.60 Å². The second kappa shape index (κ2) is 9.91. The average molecular weight is 426 g/mol. The number of nitrogens with one attached hydrogen (secondary N) is 1. The van der Waals surface area contributed by atoms with Crippen LogP contribution in [0.2, 0.25) is 5.02 Å². The number of hydrogen-bond donors (Lipinski definition) is 1. The van der Waals surface area contributed by atoms with Gasteiger partial charge in [-0.1, -0.05) is 11.6 Å². The predicted octanol–water partition coefficient (Wildman–Crippen LogP) is 4.90. The van der Waals surface area contributed by atoms with E-state index in [9.17, 15) is 9.59 Å². The summed E-state index contributed by atoms with van der Waals surface area (Å²) in [7, 11) is 1.35. The number of methoxy groups -OCH3 is 1. The van der Waals surface area contributed by atoms with Crippen LogP contribution in [-0.2, 0) is 20.8 Å². The van der Waals surface area contributed by atoms with Crippen LogP contribution in [0.25, 0.3) is 10.4 Å². The molecule has 1 amide bonds. The van der Waals surface area contributed by atoms with E-state index in [1.807, 2.05) is 32.9 Å². The molecular weight excluding hydrogens is 402 g/mol. The van der Waals surface area contributed by atoms with Gasteiger partial charge in [0, 0.05) is 26.9 Å². The van der Waals surface area contributed by atoms with Gasteiger partial charge in [0.2, 0.25) is 0 Å². The van der Waals surface area contributed by atoms with Gasteiger partial charge in [0.15, 0.2) is 0 Å². The Morgan fingerprint density at radius 1 is 1.18 bits per heavy atom. The zero-order chi connectivity index (χ0) is 20.7. The molecule has 6 nitrogen and oxygen atoms in total. The molecule has 0 aliphatic rings. The third kappa shape index (κ3) is 6.82. The third-order valence-corrected chi connectivity index (χ3v) is 4.80. The molecule has 1 aromatic heterocycles. The first-order valence-corrected chi connectivity index (χ1v) is 9.90. The van der Waals surface area contributed by atoms with Crippen molar-refractivity contribution < 1.29 is 23.8 Å². The van der Waals surface area contributed by atoms with Crippen molar-refractivity contribution >= 4 is 35.0 Å². The highest BCUT2D eigenvalue weighted by Crippen LogP contribution is 2.33. The van der Waals surface area contributed by atoms with Crippen molar-refractivity contribution in [1.82, 2.24) is 5.32 Å². The molecule has 152 valence electrons. The quantitative estimate of drug-likeness (QED) is 0.504. The topological polar surface area (TPSA) is 73.9 Å². The number of esters is 1. The molecule has 1 aromatic carbocycles. The molecule has 8 heteroatoms. The van der Waals surface area contributed by atoms with Crippen LogP contribution in [0.3, 0.4) is 0 Å². The van der Waals surface area contributed by atoms with Gasteiger partial charge in [0.05, 0.1) is 25.9 Å². The molecule has 1 heterocycles. The Labute approximate surface area is 173 Å². The number of thiophene rings is 1. The Morgan fingerprint density at radius 2 is 1.93 bits per heavy atom. The van der Waals surface area contributed by atoms with E-state index < -0.39 is 17.7 Å². The molecule has 0 saturated carbocycles. The van der Waals surface area contributed by atoms with Crippen LogP contribution in [0.1, 0.15) is 36.0 Å². The highest BCUT2D eigenvalue weighted by molar-refractivity contribution is 7.15. The average Bonchev–Trinajstić information content (AvgIpc) is 3.08. The fourth-order valence-electron chi connectivity index (χ4n) is 2.32. The second-order valence-electron chi connectivity index (χ2n) is 6.93. The number of alkyl carbamates (subject to hydrolysis) is 1. The lowest BCUT2D eigenvalue weighted by Crippen LogP contribution is -2.34. The molecule has 0 spiro atoms. The molecule has 0 saturated heterocycles. The van der Waals surface area contributed by atoms with E-state index >= 15 is 0 Å². The highest BCUT2D eigenvalue weighted by atomic mass is 35.5. The predicted molar refractivity (Wildman–Crippen MR) is 110 cm³/mol. The van der Waals surface area contributed by atoms with Crippen molar-refractivity contribution in [1.29, 1.82) is 0 Å². The van der Waals surface area contributed by atoms with Gasteiger partial charge in [-0.25, -0.2) is 9.59 Å². The largest absolute Gasteiger partial charge is 0.465 e. The van der Waals surface area contributed by atoms with Crippen LogP contribution in [0.4, 0.5) is 4.79 Å². The lowest BCUT2D eigenvalue weighted by Gasteiger charge is -2.19. The summed E-state index contributed by atoms with van der Waals surface area (Å²) in [5, 5.41) is 3.18. The Balaban J connectivity index is 1.89. The van der Waals surface area contributed by atoms with E-state index in [0.717, 1.165) is 15.3 Å². The van der Waals surface area contributed by atoms with Crippen molar-refractivity contribution in [2.45, 2.75) is 33.0 Å². The number of amides is 1. The van der Waals surface area contributed by atoms with E-state index in [-0.39, 0.29) is 0 Å². The Bertz CT molecular complexity index is 828. The van der Waals surface area contributed by atoms with Crippen molar-refractivity contribution in [3.8, 4) is 10.4 Å². The minimum Gasteiger partial charge on any atom is -0.465 e. The molecule has 0 aliphatic heterocycles. The molecule has 2 aromatic rings. The smallest absolute Gasteiger partial charge is 0.407 e. The molecule has 0 unspecified atom stereocenters. The van der Waals surface area contributed by atoms with Crippen molar-refractivity contribution in [3.63, 3.8) is 0 Å². The summed E-state index contributed by atoms with van der Waals surface area (Å²) >= 11 is 7.59. The van der Waals surface area contributed by atoms with Gasteiger partial charge >= 0.3 is 12.1 Å². The summed E-state index contributed by atoms with van der Waals surface area (Å²) < 4.78 is 15.6. The maximum absolute atomic E-state index is 12.0. The minimum atomic E-state index is -0.526. The van der Waals surface area contributed by atoms with Crippen molar-refractivity contribution in [2.75, 3.05) is 20.3 Å². The number of halogens is 1. The second-order valence-corrected chi connectivity index (χ2v) is 8.53. The molecule has 0 atom stereocenters. The first-order valence-electron chi connectivity index (χ1n) is 8.71. The molecule has 0 radical (unpaired) electrons. The van der Waals surface area contributed by atoms with E-state index in [4.69, 9.17) is 25.8 Å². The SMILES string of the molecule is COC(=O)c1ccc(Cl)cc1-c1ccc(COCCNC(=O)OC(C)(C)C)s1. The van der Waals surface area contributed by atoms with Crippen molar-refractivity contribution in [3.05, 3.63) is 45.8 Å². The van der Waals surface area contributed by atoms with Crippen LogP contribution in [0.15, 0.2) is 30.3 Å². The molecule has 0 bridgehead atoms. The van der Waals surface area contributed by atoms with Crippen LogP contribution < -0.4 is 5.32 Å². The van der Waals surface area contributed by atoms with Crippen molar-refractivity contribution in [2.24, 2.45) is 0 Å². The highest BCUT2D eigenvalue weighted by Gasteiger charge is 2.16. The molecule has 2 rings (SSSR count). The molecule has 0 fully saturated rings. The summed E-state index contributed by atoms with van der Waals surface area (Å²) in [6.07, 6.45) is -0.467. The van der Waals surface area contributed by atoms with E-state index in [1.54, 1.807) is 18.2 Å². The lowest BCUT2D eigenvalue weighted by molar-refractivity contribution is 0.0494. The summed E-state index contributed by atoms with van der Waals surface area (Å²) in [5.74, 6) is -0.411. The number of rotatable bonds is 7. The molecular formula is C20H24ClNO5S. The fraction of sp³-hybridized carbons (Fsp3) is 0.400. The first-order chi connectivity index (χ1) is 13.2. The van der Waals surface area contributed by atoms with Gasteiger partial charge in [-0.15, -0.1) is 11.3 Å². The van der Waals surface area contributed by atoms with E-state index in [1.165, 1.54) is 18.4 Å². The standard InChI is InChI=1S/C20H24ClNO5S/c1-20(2,3)27-19(24)22-9-10-26-12-14-6-8-17(28-14)16-11-13(21)5-7-15(16)18(23)25-4/h5-8,11H,9-10,12H2,1-4H3,(H,22,24). The van der Waals surface area contributed by atoms with Gasteiger partial charge in [-0.3, -0.25) is 0 Å². The lowest BCUT2D eigenvalue weighted by atomic mass is 10.1. The number of ether oxygens (including phenoxy) is 3. The monoisotopic (exact) mass is 425 g/mol. The summed E-state index contributed by atoms with van der Waals surface area (Å²) in [4.78, 5) is 25.4. The maximum atomic E-state index is 12.0. The zero-order valence-electron chi connectivity index (χ0n) is 16.3. The van der Waals surface area contributed by atoms with Gasteiger partial charge in [-0.05, 0) is 51.1 Å². The Morgan fingerprint density at radius 3 is 2.61 bits per heavy atom. The summed E-state index contributed by atoms with van der Waals surface area (Å²) in [5.41, 5.74) is 0.659. The third-order valence-electron chi connectivity index (χ3n) is 3.47. The number of carbonyl (C=O) groups is 2. The minimum absolute atomic E-state index is 0.355. The van der Waals surface area contributed by atoms with Gasteiger partial charge in [-0.2, -0.15) is 0 Å². The molecule has 1 N–H and O–H groups in total. The zero-order valence-corrected chi connectivity index (χ0v) is 17.9.